The van der Waals surface area contributed by atoms with Crippen molar-refractivity contribution in [1.82, 2.24) is 4.90 Å². The van der Waals surface area contributed by atoms with Crippen LogP contribution in [0.1, 0.15) is 39.0 Å². The van der Waals surface area contributed by atoms with Gasteiger partial charge in [-0.25, -0.2) is 0 Å². The third-order valence-electron chi connectivity index (χ3n) is 3.51. The molecule has 1 spiro atoms. The Kier molecular flexibility index (Phi) is 2.73. The molecule has 1 aliphatic carbocycles. The molecule has 1 saturated heterocycles. The zero-order valence-corrected chi connectivity index (χ0v) is 8.96. The van der Waals surface area contributed by atoms with E-state index in [0.29, 0.717) is 5.78 Å². The molecular formula is C12H19NO. The van der Waals surface area contributed by atoms with E-state index in [0.717, 1.165) is 13.0 Å². The van der Waals surface area contributed by atoms with E-state index in [1.54, 1.807) is 6.08 Å². The first-order chi connectivity index (χ1) is 6.77. The second-order valence-corrected chi connectivity index (χ2v) is 4.52. The van der Waals surface area contributed by atoms with E-state index in [-0.39, 0.29) is 5.54 Å². The number of allylic oxidation sites excluding steroid dienone is 1. The van der Waals surface area contributed by atoms with Crippen molar-refractivity contribution in [1.29, 1.82) is 0 Å². The Morgan fingerprint density at radius 1 is 1.57 bits per heavy atom. The molecule has 1 aliphatic heterocycles. The van der Waals surface area contributed by atoms with Gasteiger partial charge in [-0.15, -0.1) is 0 Å². The molecule has 78 valence electrons. The zero-order chi connectivity index (χ0) is 10.0. The topological polar surface area (TPSA) is 20.3 Å². The Bertz CT molecular complexity index is 259. The number of hydrogen-bond acceptors (Lipinski definition) is 2. The van der Waals surface area contributed by atoms with Crippen LogP contribution in [0.4, 0.5) is 0 Å². The van der Waals surface area contributed by atoms with Crippen LogP contribution in [0, 0.1) is 0 Å². The Labute approximate surface area is 86.0 Å². The molecule has 0 saturated carbocycles. The molecule has 0 bridgehead atoms. The van der Waals surface area contributed by atoms with Crippen LogP contribution < -0.4 is 0 Å². The lowest BCUT2D eigenvalue weighted by Gasteiger charge is -2.33. The Hall–Kier alpha value is -0.630. The van der Waals surface area contributed by atoms with E-state index < -0.39 is 0 Å². The van der Waals surface area contributed by atoms with Crippen molar-refractivity contribution in [3.05, 3.63) is 12.2 Å². The van der Waals surface area contributed by atoms with Crippen LogP contribution in [0.15, 0.2) is 12.2 Å². The first kappa shape index (κ1) is 9.91. The van der Waals surface area contributed by atoms with E-state index in [9.17, 15) is 4.79 Å². The highest BCUT2D eigenvalue weighted by Gasteiger charge is 2.42. The number of carbonyl (C=O) groups is 1. The van der Waals surface area contributed by atoms with Crippen molar-refractivity contribution < 1.29 is 4.79 Å². The largest absolute Gasteiger partial charge is 0.295 e. The van der Waals surface area contributed by atoms with Gasteiger partial charge in [0.2, 0.25) is 0 Å². The van der Waals surface area contributed by atoms with Gasteiger partial charge in [0, 0.05) is 12.0 Å². The maximum Gasteiger partial charge on any atom is 0.157 e. The lowest BCUT2D eigenvalue weighted by molar-refractivity contribution is -0.115. The summed E-state index contributed by atoms with van der Waals surface area (Å²) < 4.78 is 0. The van der Waals surface area contributed by atoms with Gasteiger partial charge in [-0.3, -0.25) is 9.69 Å². The highest BCUT2D eigenvalue weighted by atomic mass is 16.1. The number of ketones is 1. The summed E-state index contributed by atoms with van der Waals surface area (Å²) in [6, 6.07) is 0. The number of rotatable bonds is 3. The van der Waals surface area contributed by atoms with Crippen molar-refractivity contribution >= 4 is 5.78 Å². The predicted molar refractivity (Wildman–Crippen MR) is 57.2 cm³/mol. The van der Waals surface area contributed by atoms with Crippen LogP contribution in [0.5, 0.6) is 0 Å². The van der Waals surface area contributed by atoms with Gasteiger partial charge >= 0.3 is 0 Å². The summed E-state index contributed by atoms with van der Waals surface area (Å²) in [5.41, 5.74) is 0.131. The SMILES string of the molecule is CCCCN1CCCC12C=CC(=O)C2. The first-order valence-corrected chi connectivity index (χ1v) is 5.74. The molecule has 2 rings (SSSR count). The van der Waals surface area contributed by atoms with Gasteiger partial charge in [-0.1, -0.05) is 19.4 Å². The molecule has 0 aromatic rings. The fourth-order valence-corrected chi connectivity index (χ4v) is 2.70. The fraction of sp³-hybridized carbons (Fsp3) is 0.750. The van der Waals surface area contributed by atoms with Crippen LogP contribution >= 0.6 is 0 Å². The monoisotopic (exact) mass is 193 g/mol. The summed E-state index contributed by atoms with van der Waals surface area (Å²) in [4.78, 5) is 13.8. The maximum absolute atomic E-state index is 11.3. The van der Waals surface area contributed by atoms with E-state index in [2.05, 4.69) is 17.9 Å². The van der Waals surface area contributed by atoms with Crippen LogP contribution in [0.2, 0.25) is 0 Å². The summed E-state index contributed by atoms with van der Waals surface area (Å²) in [6.45, 7) is 4.56. The number of nitrogens with zero attached hydrogens (tertiary/aromatic N) is 1. The van der Waals surface area contributed by atoms with Gasteiger partial charge in [-0.05, 0) is 38.4 Å². The minimum absolute atomic E-state index is 0.131. The standard InChI is InChI=1S/C12H19NO/c1-2-3-8-13-9-4-6-12(13)7-5-11(14)10-12/h5,7H,2-4,6,8-10H2,1H3. The van der Waals surface area contributed by atoms with E-state index in [1.165, 1.54) is 32.2 Å². The molecule has 2 heteroatoms. The van der Waals surface area contributed by atoms with Crippen molar-refractivity contribution in [2.45, 2.75) is 44.6 Å². The quantitative estimate of drug-likeness (QED) is 0.684. The molecule has 1 heterocycles. The fourth-order valence-electron chi connectivity index (χ4n) is 2.70. The molecule has 2 nitrogen and oxygen atoms in total. The molecule has 1 fully saturated rings. The van der Waals surface area contributed by atoms with Crippen molar-refractivity contribution in [2.24, 2.45) is 0 Å². The Morgan fingerprint density at radius 2 is 2.43 bits per heavy atom. The molecular weight excluding hydrogens is 174 g/mol. The lowest BCUT2D eigenvalue weighted by atomic mass is 9.95. The normalized spacial score (nSPS) is 32.2. The average molecular weight is 193 g/mol. The Morgan fingerprint density at radius 3 is 3.07 bits per heavy atom. The van der Waals surface area contributed by atoms with Gasteiger partial charge in [0.05, 0.1) is 0 Å². The van der Waals surface area contributed by atoms with Crippen molar-refractivity contribution in [3.63, 3.8) is 0 Å². The van der Waals surface area contributed by atoms with Crippen LogP contribution in [0.25, 0.3) is 0 Å². The molecule has 0 aromatic heterocycles. The third kappa shape index (κ3) is 1.63. The highest BCUT2D eigenvalue weighted by molar-refractivity contribution is 5.94. The van der Waals surface area contributed by atoms with E-state index in [4.69, 9.17) is 0 Å². The summed E-state index contributed by atoms with van der Waals surface area (Å²) in [7, 11) is 0. The van der Waals surface area contributed by atoms with E-state index >= 15 is 0 Å². The summed E-state index contributed by atoms with van der Waals surface area (Å²) in [6.07, 6.45) is 9.59. The summed E-state index contributed by atoms with van der Waals surface area (Å²) >= 11 is 0. The zero-order valence-electron chi connectivity index (χ0n) is 8.96. The molecule has 1 unspecified atom stereocenters. The van der Waals surface area contributed by atoms with Gasteiger partial charge in [0.1, 0.15) is 0 Å². The van der Waals surface area contributed by atoms with Gasteiger partial charge in [-0.2, -0.15) is 0 Å². The van der Waals surface area contributed by atoms with Gasteiger partial charge < -0.3 is 0 Å². The first-order valence-electron chi connectivity index (χ1n) is 5.74. The molecule has 1 atom stereocenters. The number of unbranched alkanes of at least 4 members (excludes halogenated alkanes) is 1. The molecule has 0 aromatic carbocycles. The minimum Gasteiger partial charge on any atom is -0.295 e. The molecule has 2 aliphatic rings. The predicted octanol–water partition coefficient (Wildman–Crippen LogP) is 2.15. The smallest absolute Gasteiger partial charge is 0.157 e. The van der Waals surface area contributed by atoms with Gasteiger partial charge in [0.25, 0.3) is 0 Å². The van der Waals surface area contributed by atoms with Gasteiger partial charge in [0.15, 0.2) is 5.78 Å². The highest BCUT2D eigenvalue weighted by Crippen LogP contribution is 2.37. The lowest BCUT2D eigenvalue weighted by Crippen LogP contribution is -2.41. The molecule has 0 amide bonds. The Balaban J connectivity index is 2.03. The number of carbonyl (C=O) groups excluding carboxylic acids is 1. The van der Waals surface area contributed by atoms with E-state index in [1.807, 2.05) is 0 Å². The minimum atomic E-state index is 0.131. The molecule has 0 N–H and O–H groups in total. The average Bonchev–Trinajstić information content (AvgIpc) is 2.72. The number of hydrogen-bond donors (Lipinski definition) is 0. The summed E-state index contributed by atoms with van der Waals surface area (Å²) in [5, 5.41) is 0. The maximum atomic E-state index is 11.3. The second kappa shape index (κ2) is 3.85. The van der Waals surface area contributed by atoms with Crippen LogP contribution in [-0.4, -0.2) is 29.3 Å². The van der Waals surface area contributed by atoms with Crippen molar-refractivity contribution in [3.8, 4) is 0 Å². The molecule has 0 radical (unpaired) electrons. The van der Waals surface area contributed by atoms with Crippen LogP contribution in [0.3, 0.4) is 0 Å². The van der Waals surface area contributed by atoms with Crippen molar-refractivity contribution in [2.75, 3.05) is 13.1 Å². The van der Waals surface area contributed by atoms with Crippen LogP contribution in [-0.2, 0) is 4.79 Å². The summed E-state index contributed by atoms with van der Waals surface area (Å²) in [5.74, 6) is 0.313. The molecule has 14 heavy (non-hydrogen) atoms. The second-order valence-electron chi connectivity index (χ2n) is 4.52. The third-order valence-corrected chi connectivity index (χ3v) is 3.51. The number of likely N-dealkylation sites (tertiary alicyclic amines) is 1.